The first-order chi connectivity index (χ1) is 8.09. The third-order valence-electron chi connectivity index (χ3n) is 3.30. The topological polar surface area (TPSA) is 54.4 Å². The molecule has 0 aliphatic heterocycles. The molecule has 2 rings (SSSR count). The van der Waals surface area contributed by atoms with E-state index in [4.69, 9.17) is 16.7 Å². The molecule has 1 aromatic rings. The van der Waals surface area contributed by atoms with Gasteiger partial charge in [-0.1, -0.05) is 18.0 Å². The van der Waals surface area contributed by atoms with Crippen LogP contribution >= 0.6 is 11.6 Å². The van der Waals surface area contributed by atoms with Crippen LogP contribution in [0, 0.1) is 11.8 Å². The number of rotatable bonds is 3. The first-order valence-electron chi connectivity index (χ1n) is 5.62. The van der Waals surface area contributed by atoms with Gasteiger partial charge in [0, 0.05) is 16.5 Å². The smallest absolute Gasteiger partial charge is 0.307 e. The molecule has 2 atom stereocenters. The Morgan fingerprint density at radius 3 is 2.29 bits per heavy atom. The van der Waals surface area contributed by atoms with Crippen LogP contribution in [0.15, 0.2) is 24.3 Å². The first-order valence-corrected chi connectivity index (χ1v) is 6.00. The monoisotopic (exact) mass is 252 g/mol. The number of carbonyl (C=O) groups is 2. The minimum Gasteiger partial charge on any atom is -0.481 e. The fourth-order valence-electron chi connectivity index (χ4n) is 2.40. The summed E-state index contributed by atoms with van der Waals surface area (Å²) in [5, 5.41) is 9.62. The van der Waals surface area contributed by atoms with Gasteiger partial charge in [-0.05, 0) is 37.1 Å². The number of carboxylic acid groups (broad SMARTS) is 1. The molecule has 1 N–H and O–H groups in total. The number of benzene rings is 1. The minimum atomic E-state index is -0.866. The first kappa shape index (κ1) is 12.1. The van der Waals surface area contributed by atoms with Crippen LogP contribution in [-0.2, 0) is 4.79 Å². The molecule has 1 aliphatic carbocycles. The van der Waals surface area contributed by atoms with Gasteiger partial charge in [-0.25, -0.2) is 0 Å². The molecule has 0 radical (unpaired) electrons. The Kier molecular flexibility index (Phi) is 3.48. The molecule has 90 valence electrons. The van der Waals surface area contributed by atoms with E-state index in [9.17, 15) is 9.59 Å². The van der Waals surface area contributed by atoms with E-state index in [1.807, 2.05) is 0 Å². The van der Waals surface area contributed by atoms with Crippen LogP contribution in [0.4, 0.5) is 0 Å². The van der Waals surface area contributed by atoms with Crippen molar-refractivity contribution in [3.05, 3.63) is 34.9 Å². The van der Waals surface area contributed by atoms with Gasteiger partial charge >= 0.3 is 5.97 Å². The Hall–Kier alpha value is -1.35. The lowest BCUT2D eigenvalue weighted by atomic mass is 9.88. The summed E-state index contributed by atoms with van der Waals surface area (Å²) < 4.78 is 0. The highest BCUT2D eigenvalue weighted by Crippen LogP contribution is 2.34. The molecule has 0 bridgehead atoms. The van der Waals surface area contributed by atoms with Crippen molar-refractivity contribution in [3.63, 3.8) is 0 Å². The molecule has 0 saturated heterocycles. The number of halogens is 1. The van der Waals surface area contributed by atoms with Crippen LogP contribution in [-0.4, -0.2) is 16.9 Å². The summed E-state index contributed by atoms with van der Waals surface area (Å²) in [6, 6.07) is 6.61. The molecule has 1 aliphatic rings. The highest BCUT2D eigenvalue weighted by molar-refractivity contribution is 6.30. The quantitative estimate of drug-likeness (QED) is 0.842. The lowest BCUT2D eigenvalue weighted by Crippen LogP contribution is -2.25. The highest BCUT2D eigenvalue weighted by Gasteiger charge is 2.37. The number of aliphatic carboxylic acids is 1. The van der Waals surface area contributed by atoms with E-state index in [1.165, 1.54) is 0 Å². The highest BCUT2D eigenvalue weighted by atomic mass is 35.5. The van der Waals surface area contributed by atoms with E-state index in [1.54, 1.807) is 24.3 Å². The molecule has 0 aromatic heterocycles. The Labute approximate surface area is 104 Å². The average molecular weight is 253 g/mol. The molecule has 1 saturated carbocycles. The Balaban J connectivity index is 2.19. The SMILES string of the molecule is O=C(c1ccc(Cl)cc1)[C@H]1CCC[C@H]1C(=O)O. The predicted octanol–water partition coefficient (Wildman–Crippen LogP) is 3.02. The van der Waals surface area contributed by atoms with Gasteiger partial charge in [0.05, 0.1) is 5.92 Å². The fraction of sp³-hybridized carbons (Fsp3) is 0.385. The third-order valence-corrected chi connectivity index (χ3v) is 3.55. The van der Waals surface area contributed by atoms with E-state index in [0.717, 1.165) is 6.42 Å². The number of carbonyl (C=O) groups excluding carboxylic acids is 1. The molecule has 4 heteroatoms. The maximum absolute atomic E-state index is 12.2. The summed E-state index contributed by atoms with van der Waals surface area (Å²) in [5.41, 5.74) is 0.549. The molecule has 1 aromatic carbocycles. The lowest BCUT2D eigenvalue weighted by Gasteiger charge is -2.14. The van der Waals surface area contributed by atoms with Crippen LogP contribution in [0.2, 0.25) is 5.02 Å². The van der Waals surface area contributed by atoms with Crippen molar-refractivity contribution < 1.29 is 14.7 Å². The van der Waals surface area contributed by atoms with Gasteiger partial charge in [0.1, 0.15) is 0 Å². The molecule has 0 unspecified atom stereocenters. The van der Waals surface area contributed by atoms with Crippen molar-refractivity contribution in [1.82, 2.24) is 0 Å². The van der Waals surface area contributed by atoms with Crippen LogP contribution < -0.4 is 0 Å². The third kappa shape index (κ3) is 2.50. The van der Waals surface area contributed by atoms with Gasteiger partial charge in [0.15, 0.2) is 5.78 Å². The van der Waals surface area contributed by atoms with Crippen molar-refractivity contribution in [2.24, 2.45) is 11.8 Å². The Bertz CT molecular complexity index is 438. The summed E-state index contributed by atoms with van der Waals surface area (Å²) in [6.07, 6.45) is 2.07. The fourth-order valence-corrected chi connectivity index (χ4v) is 2.52. The minimum absolute atomic E-state index is 0.0773. The van der Waals surface area contributed by atoms with Crippen molar-refractivity contribution in [3.8, 4) is 0 Å². The van der Waals surface area contributed by atoms with Gasteiger partial charge in [0.2, 0.25) is 0 Å². The van der Waals surface area contributed by atoms with Crippen molar-refractivity contribution in [1.29, 1.82) is 0 Å². The van der Waals surface area contributed by atoms with E-state index in [2.05, 4.69) is 0 Å². The Morgan fingerprint density at radius 1 is 1.12 bits per heavy atom. The van der Waals surface area contributed by atoms with E-state index in [0.29, 0.717) is 23.4 Å². The summed E-state index contributed by atoms with van der Waals surface area (Å²) in [7, 11) is 0. The summed E-state index contributed by atoms with van der Waals surface area (Å²) in [5.74, 6) is -1.85. The zero-order chi connectivity index (χ0) is 12.4. The number of carboxylic acids is 1. The van der Waals surface area contributed by atoms with Gasteiger partial charge in [-0.3, -0.25) is 9.59 Å². The van der Waals surface area contributed by atoms with Crippen LogP contribution in [0.25, 0.3) is 0 Å². The predicted molar refractivity (Wildman–Crippen MR) is 64.2 cm³/mol. The average Bonchev–Trinajstić information content (AvgIpc) is 2.78. The number of ketones is 1. The normalized spacial score (nSPS) is 23.6. The largest absolute Gasteiger partial charge is 0.481 e. The zero-order valence-electron chi connectivity index (χ0n) is 9.23. The second-order valence-electron chi connectivity index (χ2n) is 4.35. The molecule has 1 fully saturated rings. The second kappa shape index (κ2) is 4.88. The number of hydrogen-bond acceptors (Lipinski definition) is 2. The molecule has 3 nitrogen and oxygen atoms in total. The van der Waals surface area contributed by atoms with E-state index < -0.39 is 11.9 Å². The van der Waals surface area contributed by atoms with Gasteiger partial charge in [-0.15, -0.1) is 0 Å². The van der Waals surface area contributed by atoms with Crippen LogP contribution in [0.3, 0.4) is 0 Å². The molecular weight excluding hydrogens is 240 g/mol. The summed E-state index contributed by atoms with van der Waals surface area (Å²) in [6.45, 7) is 0. The molecule has 0 heterocycles. The summed E-state index contributed by atoms with van der Waals surface area (Å²) in [4.78, 5) is 23.2. The molecule has 17 heavy (non-hydrogen) atoms. The maximum atomic E-state index is 12.2. The van der Waals surface area contributed by atoms with Crippen molar-refractivity contribution >= 4 is 23.4 Å². The zero-order valence-corrected chi connectivity index (χ0v) is 9.98. The van der Waals surface area contributed by atoms with E-state index >= 15 is 0 Å². The van der Waals surface area contributed by atoms with Gasteiger partial charge < -0.3 is 5.11 Å². The van der Waals surface area contributed by atoms with Gasteiger partial charge in [-0.2, -0.15) is 0 Å². The van der Waals surface area contributed by atoms with Crippen LogP contribution in [0.1, 0.15) is 29.6 Å². The standard InChI is InChI=1S/C13H13ClO3/c14-9-6-4-8(5-7-9)12(15)10-2-1-3-11(10)13(16)17/h4-7,10-11H,1-3H2,(H,16,17)/t10-,11+/m0/s1. The Morgan fingerprint density at radius 2 is 1.71 bits per heavy atom. The number of Topliss-reactive ketones (excluding diaryl/α,β-unsaturated/α-hetero) is 1. The van der Waals surface area contributed by atoms with Crippen molar-refractivity contribution in [2.45, 2.75) is 19.3 Å². The van der Waals surface area contributed by atoms with Crippen molar-refractivity contribution in [2.75, 3.05) is 0 Å². The summed E-state index contributed by atoms with van der Waals surface area (Å²) >= 11 is 5.75. The lowest BCUT2D eigenvalue weighted by molar-refractivity contribution is -0.142. The number of hydrogen-bond donors (Lipinski definition) is 1. The molecular formula is C13H13ClO3. The van der Waals surface area contributed by atoms with E-state index in [-0.39, 0.29) is 11.7 Å². The second-order valence-corrected chi connectivity index (χ2v) is 4.79. The molecule has 0 spiro atoms. The van der Waals surface area contributed by atoms with Gasteiger partial charge in [0.25, 0.3) is 0 Å². The van der Waals surface area contributed by atoms with Crippen LogP contribution in [0.5, 0.6) is 0 Å². The maximum Gasteiger partial charge on any atom is 0.307 e. The molecule has 0 amide bonds.